The number of carboxylic acids is 1. The van der Waals surface area contributed by atoms with Crippen LogP contribution in [0.15, 0.2) is 36.6 Å². The number of unbranched alkanes of at least 4 members (excludes halogenated alkanes) is 17. The Morgan fingerprint density at radius 1 is 0.547 bits per heavy atom. The Balaban J connectivity index is 1.35. The van der Waals surface area contributed by atoms with Crippen molar-refractivity contribution in [2.75, 3.05) is 79.0 Å². The molecular weight excluding hydrogens is 1100 g/mol. The second kappa shape index (κ2) is 50.4. The Morgan fingerprint density at radius 2 is 1.00 bits per heavy atom. The molecule has 1 fully saturated rings. The maximum absolute atomic E-state index is 13.1. The van der Waals surface area contributed by atoms with E-state index in [1.54, 1.807) is 12.1 Å². The van der Waals surface area contributed by atoms with E-state index in [2.05, 4.69) is 33.2 Å². The molecule has 6 amide bonds. The number of rotatable bonds is 56. The highest BCUT2D eigenvalue weighted by molar-refractivity contribution is 5.87. The van der Waals surface area contributed by atoms with Crippen LogP contribution in [0.1, 0.15) is 205 Å². The van der Waals surface area contributed by atoms with Crippen molar-refractivity contribution in [2.45, 2.75) is 212 Å². The lowest BCUT2D eigenvalue weighted by molar-refractivity contribution is -0.137. The van der Waals surface area contributed by atoms with Crippen molar-refractivity contribution in [3.63, 3.8) is 0 Å². The molecule has 490 valence electrons. The van der Waals surface area contributed by atoms with Gasteiger partial charge in [-0.05, 0) is 94.2 Å². The number of primary amides is 1. The van der Waals surface area contributed by atoms with Gasteiger partial charge >= 0.3 is 5.97 Å². The fourth-order valence-corrected chi connectivity index (χ4v) is 10.3. The number of benzene rings is 1. The SMILES string of the molecule is C=C(O)[C@H](CCCCC(=O)NCCOCCOCC(=O)NCCOCCOCC(=O)NCCCC[C@H](C)C(=O)C[C@@H](Cc1ccc(O)cc1)C(N)=O)NC(=O)[C@H]1CC[C@H](CNC(=O)CCCCCCCCCCCCCCCCCCC(=O)O)CC1. The number of carbonyl (C=O) groups is 8. The van der Waals surface area contributed by atoms with E-state index in [4.69, 9.17) is 29.8 Å². The number of phenolic OH excluding ortho intramolecular Hbond substituents is 1. The van der Waals surface area contributed by atoms with Crippen LogP contribution in [0.25, 0.3) is 0 Å². The number of aliphatic hydroxyl groups excluding tert-OH is 1. The van der Waals surface area contributed by atoms with Gasteiger partial charge in [0.2, 0.25) is 35.4 Å². The Bertz CT molecular complexity index is 2050. The van der Waals surface area contributed by atoms with E-state index in [9.17, 15) is 48.6 Å². The molecule has 86 heavy (non-hydrogen) atoms. The summed E-state index contributed by atoms with van der Waals surface area (Å²) in [5.74, 6) is -2.65. The lowest BCUT2D eigenvalue weighted by atomic mass is 9.81. The number of phenols is 1. The second-order valence-corrected chi connectivity index (χ2v) is 23.3. The standard InChI is InChI=1S/C65H110N6O15/c1-50(58(74)46-55(64(66)81)45-52-30-34-56(73)35-31-52)23-21-22-36-67-61(77)48-85-43-42-84-40-38-69-62(78)49-86-44-41-83-39-37-68-59(75)26-20-19-24-57(51(2)72)71-65(82)54-32-28-53(29-33-54)47-70-60(76)25-17-15-13-11-9-7-5-3-4-6-8-10-12-14-16-18-27-63(79)80/h30-31,34-35,50,53-55,57,72-73H,2-29,32-33,36-49H2,1H3,(H2,66,81)(H,67,77)(H,68,75)(H,69,78)(H,70,76)(H,71,82)(H,79,80)/t50-,53-,54-,55+,57-/m0/s1. The quantitative estimate of drug-likeness (QED) is 0.0219. The van der Waals surface area contributed by atoms with Crippen LogP contribution < -0.4 is 32.3 Å². The van der Waals surface area contributed by atoms with Crippen LogP contribution in [0.4, 0.5) is 0 Å². The lowest BCUT2D eigenvalue weighted by Gasteiger charge is -2.29. The molecule has 2 rings (SSSR count). The molecule has 21 nitrogen and oxygen atoms in total. The number of aromatic hydroxyl groups is 1. The molecule has 0 heterocycles. The predicted octanol–water partition coefficient (Wildman–Crippen LogP) is 8.36. The summed E-state index contributed by atoms with van der Waals surface area (Å²) in [6.45, 7) is 8.25. The molecule has 0 unspecified atom stereocenters. The van der Waals surface area contributed by atoms with Gasteiger partial charge in [-0.3, -0.25) is 38.4 Å². The average Bonchev–Trinajstić information content (AvgIpc) is 3.67. The number of Topliss-reactive ketones (excluding diaryl/α,β-unsaturated/α-hetero) is 1. The zero-order valence-electron chi connectivity index (χ0n) is 52.1. The smallest absolute Gasteiger partial charge is 0.303 e. The molecule has 1 saturated carbocycles. The van der Waals surface area contributed by atoms with Gasteiger partial charge in [-0.2, -0.15) is 0 Å². The van der Waals surface area contributed by atoms with Crippen LogP contribution in [-0.2, 0) is 63.7 Å². The summed E-state index contributed by atoms with van der Waals surface area (Å²) in [7, 11) is 0. The zero-order chi connectivity index (χ0) is 62.8. The minimum atomic E-state index is -0.693. The molecule has 10 N–H and O–H groups in total. The van der Waals surface area contributed by atoms with Crippen molar-refractivity contribution in [2.24, 2.45) is 29.4 Å². The molecule has 1 aliphatic rings. The molecule has 0 bridgehead atoms. The number of ether oxygens (including phenoxy) is 4. The highest BCUT2D eigenvalue weighted by atomic mass is 16.5. The number of nitrogens with one attached hydrogen (secondary N) is 5. The lowest BCUT2D eigenvalue weighted by Crippen LogP contribution is -2.41. The third-order valence-electron chi connectivity index (χ3n) is 15.8. The Hall–Kier alpha value is -5.64. The third kappa shape index (κ3) is 42.2. The molecular formula is C65H110N6O15. The zero-order valence-corrected chi connectivity index (χ0v) is 52.1. The number of hydrogen-bond acceptors (Lipinski definition) is 14. The highest BCUT2D eigenvalue weighted by Gasteiger charge is 2.29. The van der Waals surface area contributed by atoms with Crippen LogP contribution in [0, 0.1) is 23.7 Å². The molecule has 0 aliphatic heterocycles. The van der Waals surface area contributed by atoms with E-state index >= 15 is 0 Å². The molecule has 1 aromatic carbocycles. The van der Waals surface area contributed by atoms with Crippen molar-refractivity contribution in [1.29, 1.82) is 0 Å². The first-order valence-corrected chi connectivity index (χ1v) is 32.4. The normalized spacial score (nSPS) is 15.0. The van der Waals surface area contributed by atoms with Crippen LogP contribution in [0.3, 0.4) is 0 Å². The van der Waals surface area contributed by atoms with Crippen molar-refractivity contribution in [3.8, 4) is 5.75 Å². The van der Waals surface area contributed by atoms with Crippen LogP contribution in [0.2, 0.25) is 0 Å². The number of carboxylic acid groups (broad SMARTS) is 1. The maximum Gasteiger partial charge on any atom is 0.303 e. The summed E-state index contributed by atoms with van der Waals surface area (Å²) in [6.07, 6.45) is 27.2. The number of carbonyl (C=O) groups excluding carboxylic acids is 7. The van der Waals surface area contributed by atoms with Gasteiger partial charge in [0.1, 0.15) is 30.5 Å². The molecule has 1 aliphatic carbocycles. The van der Waals surface area contributed by atoms with Crippen LogP contribution >= 0.6 is 0 Å². The fourth-order valence-electron chi connectivity index (χ4n) is 10.3. The molecule has 0 spiro atoms. The first kappa shape index (κ1) is 76.5. The molecule has 3 atom stereocenters. The van der Waals surface area contributed by atoms with Crippen LogP contribution in [-0.4, -0.2) is 148 Å². The summed E-state index contributed by atoms with van der Waals surface area (Å²) in [5.41, 5.74) is 6.37. The summed E-state index contributed by atoms with van der Waals surface area (Å²) in [6, 6.07) is 5.87. The van der Waals surface area contributed by atoms with Gasteiger partial charge in [-0.15, -0.1) is 0 Å². The third-order valence-corrected chi connectivity index (χ3v) is 15.8. The number of amides is 6. The molecule has 21 heteroatoms. The number of hydrogen-bond donors (Lipinski definition) is 9. The van der Waals surface area contributed by atoms with Gasteiger partial charge in [0.25, 0.3) is 0 Å². The first-order chi connectivity index (χ1) is 41.5. The fraction of sp³-hybridized carbons (Fsp3) is 0.754. The molecule has 0 saturated heterocycles. The van der Waals surface area contributed by atoms with Gasteiger partial charge in [-0.1, -0.05) is 128 Å². The van der Waals surface area contributed by atoms with Gasteiger partial charge < -0.3 is 66.6 Å². The monoisotopic (exact) mass is 1210 g/mol. The van der Waals surface area contributed by atoms with Crippen molar-refractivity contribution >= 4 is 47.2 Å². The number of aliphatic hydroxyl groups is 1. The number of nitrogens with two attached hydrogens (primary N) is 1. The topological polar surface area (TPSA) is 320 Å². The average molecular weight is 1220 g/mol. The van der Waals surface area contributed by atoms with E-state index in [1.165, 1.54) is 82.8 Å². The summed E-state index contributed by atoms with van der Waals surface area (Å²) in [5, 5.41) is 42.8. The predicted molar refractivity (Wildman–Crippen MR) is 331 cm³/mol. The molecule has 1 aromatic rings. The summed E-state index contributed by atoms with van der Waals surface area (Å²) >= 11 is 0. The minimum Gasteiger partial charge on any atom is -0.511 e. The van der Waals surface area contributed by atoms with E-state index in [1.807, 2.05) is 6.92 Å². The second-order valence-electron chi connectivity index (χ2n) is 23.3. The van der Waals surface area contributed by atoms with Gasteiger partial charge in [0.05, 0.1) is 45.7 Å². The number of aliphatic carboxylic acids is 1. The molecule has 0 aromatic heterocycles. The van der Waals surface area contributed by atoms with Gasteiger partial charge in [-0.25, -0.2) is 0 Å². The van der Waals surface area contributed by atoms with Gasteiger partial charge in [0, 0.05) is 69.6 Å². The van der Waals surface area contributed by atoms with Crippen LogP contribution in [0.5, 0.6) is 5.75 Å². The van der Waals surface area contributed by atoms with E-state index in [0.29, 0.717) is 83.3 Å². The minimum absolute atomic E-state index is 0.0379. The van der Waals surface area contributed by atoms with Gasteiger partial charge in [0.15, 0.2) is 0 Å². The summed E-state index contributed by atoms with van der Waals surface area (Å²) < 4.78 is 21.6. The van der Waals surface area contributed by atoms with E-state index < -0.39 is 23.8 Å². The Morgan fingerprint density at radius 3 is 1.51 bits per heavy atom. The first-order valence-electron chi connectivity index (χ1n) is 32.4. The Labute approximate surface area is 512 Å². The maximum atomic E-state index is 13.1. The van der Waals surface area contributed by atoms with E-state index in [-0.39, 0.29) is 131 Å². The van der Waals surface area contributed by atoms with Crippen molar-refractivity contribution in [3.05, 3.63) is 42.2 Å². The molecule has 0 radical (unpaired) electrons. The Kier molecular flexibility index (Phi) is 44.8. The van der Waals surface area contributed by atoms with Crippen molar-refractivity contribution in [1.82, 2.24) is 26.6 Å². The largest absolute Gasteiger partial charge is 0.511 e. The summed E-state index contributed by atoms with van der Waals surface area (Å²) in [4.78, 5) is 97.5. The highest BCUT2D eigenvalue weighted by Crippen LogP contribution is 2.29. The number of ketones is 1. The van der Waals surface area contributed by atoms with Crippen molar-refractivity contribution < 1.29 is 72.6 Å². The van der Waals surface area contributed by atoms with E-state index in [0.717, 1.165) is 63.4 Å².